The van der Waals surface area contributed by atoms with Crippen molar-refractivity contribution >= 4 is 23.1 Å². The second kappa shape index (κ2) is 9.26. The van der Waals surface area contributed by atoms with Crippen LogP contribution in [0.5, 0.6) is 0 Å². The van der Waals surface area contributed by atoms with E-state index in [0.717, 1.165) is 11.1 Å². The van der Waals surface area contributed by atoms with E-state index in [9.17, 15) is 9.59 Å². The summed E-state index contributed by atoms with van der Waals surface area (Å²) in [5, 5.41) is 7.13. The SMILES string of the molecule is CCOC(=O)c1cnn2ccc(NC(=O)CC(c3ccccc3)c3ccccc3)cc12. The van der Waals surface area contributed by atoms with E-state index in [2.05, 4.69) is 10.4 Å². The number of hydrogen-bond acceptors (Lipinski definition) is 4. The topological polar surface area (TPSA) is 72.7 Å². The summed E-state index contributed by atoms with van der Waals surface area (Å²) in [6, 6.07) is 23.5. The van der Waals surface area contributed by atoms with Crippen LogP contribution in [-0.4, -0.2) is 28.1 Å². The Morgan fingerprint density at radius 2 is 1.65 bits per heavy atom. The van der Waals surface area contributed by atoms with Crippen LogP contribution in [0.4, 0.5) is 5.69 Å². The van der Waals surface area contributed by atoms with Gasteiger partial charge in [0.25, 0.3) is 0 Å². The maximum absolute atomic E-state index is 12.9. The highest BCUT2D eigenvalue weighted by Crippen LogP contribution is 2.28. The number of carbonyl (C=O) groups is 2. The van der Waals surface area contributed by atoms with Crippen molar-refractivity contribution in [3.05, 3.63) is 102 Å². The second-order valence-electron chi connectivity index (χ2n) is 7.15. The number of esters is 1. The van der Waals surface area contributed by atoms with Gasteiger partial charge in [-0.25, -0.2) is 9.31 Å². The maximum Gasteiger partial charge on any atom is 0.341 e. The molecule has 0 aliphatic rings. The minimum atomic E-state index is -0.436. The highest BCUT2D eigenvalue weighted by Gasteiger charge is 2.19. The standard InChI is InChI=1S/C25H23N3O3/c1-2-31-25(30)22-17-26-28-14-13-20(15-23(22)28)27-24(29)16-21(18-9-5-3-6-10-18)19-11-7-4-8-12-19/h3-15,17,21H,2,16H2,1H3,(H,27,29). The molecule has 0 saturated heterocycles. The van der Waals surface area contributed by atoms with Crippen LogP contribution < -0.4 is 5.32 Å². The van der Waals surface area contributed by atoms with Crippen LogP contribution >= 0.6 is 0 Å². The van der Waals surface area contributed by atoms with E-state index in [4.69, 9.17) is 4.74 Å². The number of nitrogens with one attached hydrogen (secondary N) is 1. The number of anilines is 1. The molecule has 2 heterocycles. The molecule has 1 amide bonds. The Hall–Kier alpha value is -3.93. The number of hydrogen-bond donors (Lipinski definition) is 1. The van der Waals surface area contributed by atoms with E-state index in [0.29, 0.717) is 23.2 Å². The van der Waals surface area contributed by atoms with E-state index in [1.54, 1.807) is 29.8 Å². The van der Waals surface area contributed by atoms with Gasteiger partial charge in [-0.1, -0.05) is 60.7 Å². The van der Waals surface area contributed by atoms with Crippen LogP contribution in [-0.2, 0) is 9.53 Å². The fourth-order valence-corrected chi connectivity index (χ4v) is 3.62. The Morgan fingerprint density at radius 1 is 1.00 bits per heavy atom. The van der Waals surface area contributed by atoms with Crippen molar-refractivity contribution in [2.45, 2.75) is 19.3 Å². The van der Waals surface area contributed by atoms with Crippen molar-refractivity contribution in [2.75, 3.05) is 11.9 Å². The Labute approximate surface area is 180 Å². The van der Waals surface area contributed by atoms with Gasteiger partial charge in [-0.15, -0.1) is 0 Å². The summed E-state index contributed by atoms with van der Waals surface area (Å²) in [6.45, 7) is 2.04. The fourth-order valence-electron chi connectivity index (χ4n) is 3.62. The Balaban J connectivity index is 1.56. The third-order valence-corrected chi connectivity index (χ3v) is 5.09. The summed E-state index contributed by atoms with van der Waals surface area (Å²) in [5.41, 5.74) is 3.71. The number of fused-ring (bicyclic) bond motifs is 1. The van der Waals surface area contributed by atoms with E-state index in [-0.39, 0.29) is 18.4 Å². The first-order valence-corrected chi connectivity index (χ1v) is 10.2. The Bertz CT molecular complexity index is 1150. The van der Waals surface area contributed by atoms with Crippen LogP contribution in [0, 0.1) is 0 Å². The molecule has 31 heavy (non-hydrogen) atoms. The molecule has 0 fully saturated rings. The zero-order chi connectivity index (χ0) is 21.6. The van der Waals surface area contributed by atoms with Gasteiger partial charge in [0.2, 0.25) is 5.91 Å². The molecule has 0 saturated carbocycles. The third-order valence-electron chi connectivity index (χ3n) is 5.09. The molecule has 0 unspecified atom stereocenters. The Kier molecular flexibility index (Phi) is 6.08. The van der Waals surface area contributed by atoms with Crippen molar-refractivity contribution in [3.63, 3.8) is 0 Å². The number of benzene rings is 2. The zero-order valence-electron chi connectivity index (χ0n) is 17.2. The highest BCUT2D eigenvalue weighted by atomic mass is 16.5. The lowest BCUT2D eigenvalue weighted by atomic mass is 9.88. The summed E-state index contributed by atoms with van der Waals surface area (Å²) in [5.74, 6) is -0.607. The van der Waals surface area contributed by atoms with Crippen LogP contribution in [0.15, 0.2) is 85.2 Å². The molecule has 4 rings (SSSR count). The van der Waals surface area contributed by atoms with E-state index in [1.807, 2.05) is 60.7 Å². The molecule has 1 N–H and O–H groups in total. The molecule has 0 aliphatic carbocycles. The maximum atomic E-state index is 12.9. The largest absolute Gasteiger partial charge is 0.462 e. The van der Waals surface area contributed by atoms with Gasteiger partial charge in [0.05, 0.1) is 18.3 Å². The van der Waals surface area contributed by atoms with E-state index >= 15 is 0 Å². The molecular weight excluding hydrogens is 390 g/mol. The molecule has 6 heteroatoms. The number of nitrogens with zero attached hydrogens (tertiary/aromatic N) is 2. The molecule has 0 aliphatic heterocycles. The highest BCUT2D eigenvalue weighted by molar-refractivity contribution is 5.98. The van der Waals surface area contributed by atoms with Gasteiger partial charge in [0.15, 0.2) is 0 Å². The summed E-state index contributed by atoms with van der Waals surface area (Å²) in [7, 11) is 0. The lowest BCUT2D eigenvalue weighted by Gasteiger charge is -2.18. The number of amides is 1. The summed E-state index contributed by atoms with van der Waals surface area (Å²) < 4.78 is 6.67. The third kappa shape index (κ3) is 4.64. The number of carbonyl (C=O) groups excluding carboxylic acids is 2. The average molecular weight is 413 g/mol. The monoisotopic (exact) mass is 413 g/mol. The van der Waals surface area contributed by atoms with Crippen molar-refractivity contribution in [1.82, 2.24) is 9.61 Å². The van der Waals surface area contributed by atoms with E-state index < -0.39 is 5.97 Å². The predicted molar refractivity (Wildman–Crippen MR) is 119 cm³/mol. The quantitative estimate of drug-likeness (QED) is 0.447. The van der Waals surface area contributed by atoms with Crippen LogP contribution in [0.25, 0.3) is 5.52 Å². The molecule has 0 radical (unpaired) electrons. The van der Waals surface area contributed by atoms with Gasteiger partial charge >= 0.3 is 5.97 Å². The summed E-state index contributed by atoms with van der Waals surface area (Å²) in [4.78, 5) is 25.1. The lowest BCUT2D eigenvalue weighted by molar-refractivity contribution is -0.116. The lowest BCUT2D eigenvalue weighted by Crippen LogP contribution is -2.16. The Morgan fingerprint density at radius 3 is 2.26 bits per heavy atom. The minimum absolute atomic E-state index is 0.0591. The molecule has 0 atom stereocenters. The average Bonchev–Trinajstić information content (AvgIpc) is 3.22. The van der Waals surface area contributed by atoms with Crippen LogP contribution in [0.2, 0.25) is 0 Å². The minimum Gasteiger partial charge on any atom is -0.462 e. The van der Waals surface area contributed by atoms with Gasteiger partial charge in [-0.2, -0.15) is 5.10 Å². The fraction of sp³-hybridized carbons (Fsp3) is 0.160. The molecular formula is C25H23N3O3. The van der Waals surface area contributed by atoms with Crippen molar-refractivity contribution < 1.29 is 14.3 Å². The molecule has 2 aromatic carbocycles. The zero-order valence-corrected chi connectivity index (χ0v) is 17.2. The van der Waals surface area contributed by atoms with Gasteiger partial charge < -0.3 is 10.1 Å². The van der Waals surface area contributed by atoms with E-state index in [1.165, 1.54) is 6.20 Å². The first-order chi connectivity index (χ1) is 15.2. The summed E-state index contributed by atoms with van der Waals surface area (Å²) >= 11 is 0. The first-order valence-electron chi connectivity index (χ1n) is 10.2. The van der Waals surface area contributed by atoms with Gasteiger partial charge in [0, 0.05) is 24.2 Å². The number of pyridine rings is 1. The molecule has 4 aromatic rings. The van der Waals surface area contributed by atoms with Gasteiger partial charge in [-0.3, -0.25) is 4.79 Å². The first kappa shape index (κ1) is 20.3. The molecule has 0 spiro atoms. The molecule has 2 aromatic heterocycles. The smallest absolute Gasteiger partial charge is 0.341 e. The van der Waals surface area contributed by atoms with Gasteiger partial charge in [0.1, 0.15) is 5.56 Å². The van der Waals surface area contributed by atoms with Gasteiger partial charge in [-0.05, 0) is 30.2 Å². The predicted octanol–water partition coefficient (Wildman–Crippen LogP) is 4.67. The molecule has 0 bridgehead atoms. The van der Waals surface area contributed by atoms with Crippen LogP contribution in [0.1, 0.15) is 40.7 Å². The number of ether oxygens (including phenoxy) is 1. The normalized spacial score (nSPS) is 10.9. The second-order valence-corrected chi connectivity index (χ2v) is 7.15. The molecule has 6 nitrogen and oxygen atoms in total. The number of rotatable bonds is 7. The number of aromatic nitrogens is 2. The van der Waals surface area contributed by atoms with Crippen LogP contribution in [0.3, 0.4) is 0 Å². The van der Waals surface area contributed by atoms with Crippen molar-refractivity contribution in [1.29, 1.82) is 0 Å². The summed E-state index contributed by atoms with van der Waals surface area (Å²) in [6.07, 6.45) is 3.47. The van der Waals surface area contributed by atoms with Crippen molar-refractivity contribution in [2.24, 2.45) is 0 Å². The van der Waals surface area contributed by atoms with Crippen molar-refractivity contribution in [3.8, 4) is 0 Å². The molecule has 156 valence electrons.